The largest absolute Gasteiger partial charge is 0.499 e. The van der Waals surface area contributed by atoms with Gasteiger partial charge in [0.05, 0.1) is 4.90 Å². The number of ether oxygens (including phenoxy) is 1. The van der Waals surface area contributed by atoms with Crippen LogP contribution in [-0.4, -0.2) is 50.4 Å². The summed E-state index contributed by atoms with van der Waals surface area (Å²) in [5, 5.41) is 20.8. The summed E-state index contributed by atoms with van der Waals surface area (Å²) < 4.78 is 32.5. The number of benzene rings is 1. The summed E-state index contributed by atoms with van der Waals surface area (Å²) in [6, 6.07) is 9.57. The summed E-state index contributed by atoms with van der Waals surface area (Å²) in [5.41, 5.74) is 0.145. The summed E-state index contributed by atoms with van der Waals surface area (Å²) >= 11 is 1.21. The number of hydrogen-bond donors (Lipinski definition) is 4. The Morgan fingerprint density at radius 3 is 2.29 bits per heavy atom. The Bertz CT molecular complexity index is 904. The second kappa shape index (κ2) is 9.06. The van der Waals surface area contributed by atoms with Crippen LogP contribution in [0.25, 0.3) is 10.4 Å². The molecule has 0 atom stereocenters. The second-order valence-corrected chi connectivity index (χ2v) is 9.81. The second-order valence-electron chi connectivity index (χ2n) is 6.93. The van der Waals surface area contributed by atoms with Gasteiger partial charge in [0.25, 0.3) is 0 Å². The van der Waals surface area contributed by atoms with Crippen molar-refractivity contribution in [3.63, 3.8) is 0 Å². The van der Waals surface area contributed by atoms with E-state index in [0.717, 1.165) is 10.4 Å². The molecule has 0 unspecified atom stereocenters. The Kier molecular flexibility index (Phi) is 7.24. The number of carbonyl (C=O) groups excluding carboxylic acids is 1. The zero-order valence-electron chi connectivity index (χ0n) is 15.8. The summed E-state index contributed by atoms with van der Waals surface area (Å²) in [7, 11) is -5.25. The molecule has 2 aromatic rings. The van der Waals surface area contributed by atoms with Gasteiger partial charge in [-0.2, -0.15) is 0 Å². The minimum absolute atomic E-state index is 0.0198. The molecular weight excluding hydrogens is 403 g/mol. The summed E-state index contributed by atoms with van der Waals surface area (Å²) in [6.07, 6.45) is -0.612. The van der Waals surface area contributed by atoms with Crippen molar-refractivity contribution in [2.24, 2.45) is 0 Å². The van der Waals surface area contributed by atoms with E-state index in [1.54, 1.807) is 45.0 Å². The van der Waals surface area contributed by atoms with Gasteiger partial charge in [-0.25, -0.2) is 17.9 Å². The van der Waals surface area contributed by atoms with Crippen LogP contribution in [0.2, 0.25) is 0 Å². The van der Waals surface area contributed by atoms with Crippen LogP contribution in [0, 0.1) is 0 Å². The van der Waals surface area contributed by atoms with E-state index in [1.807, 2.05) is 0 Å². The van der Waals surface area contributed by atoms with Crippen LogP contribution in [0.15, 0.2) is 41.3 Å². The summed E-state index contributed by atoms with van der Waals surface area (Å²) in [5.74, 6) is 0. The van der Waals surface area contributed by atoms with Crippen molar-refractivity contribution in [1.29, 1.82) is 0 Å². The van der Waals surface area contributed by atoms with Crippen LogP contribution in [0.5, 0.6) is 0 Å². The van der Waals surface area contributed by atoms with E-state index < -0.39 is 28.8 Å². The molecular formula is C17H23BN2O6S2. The molecule has 0 spiro atoms. The zero-order chi connectivity index (χ0) is 20.9. The minimum atomic E-state index is -3.72. The van der Waals surface area contributed by atoms with Crippen LogP contribution >= 0.6 is 11.3 Å². The summed E-state index contributed by atoms with van der Waals surface area (Å²) in [4.78, 5) is 12.4. The molecule has 8 nitrogen and oxygen atoms in total. The van der Waals surface area contributed by atoms with Gasteiger partial charge in [0.2, 0.25) is 10.0 Å². The van der Waals surface area contributed by atoms with Crippen molar-refractivity contribution in [3.8, 4) is 10.4 Å². The highest BCUT2D eigenvalue weighted by atomic mass is 32.2. The van der Waals surface area contributed by atoms with E-state index >= 15 is 0 Å². The molecule has 28 heavy (non-hydrogen) atoms. The predicted molar refractivity (Wildman–Crippen MR) is 109 cm³/mol. The Balaban J connectivity index is 1.92. The smallest absolute Gasteiger partial charge is 0.444 e. The highest BCUT2D eigenvalue weighted by Gasteiger charge is 2.18. The van der Waals surface area contributed by atoms with Crippen LogP contribution < -0.4 is 14.8 Å². The molecule has 0 saturated heterocycles. The first-order chi connectivity index (χ1) is 13.0. The van der Waals surface area contributed by atoms with Crippen molar-refractivity contribution < 1.29 is 28.0 Å². The fraction of sp³-hybridized carbons (Fsp3) is 0.353. The van der Waals surface area contributed by atoms with Crippen molar-refractivity contribution in [1.82, 2.24) is 10.0 Å². The molecule has 1 amide bonds. The number of nitrogens with one attached hydrogen (secondary N) is 2. The quantitative estimate of drug-likeness (QED) is 0.385. The fourth-order valence-electron chi connectivity index (χ4n) is 2.19. The van der Waals surface area contributed by atoms with E-state index in [9.17, 15) is 23.3 Å². The first-order valence-corrected chi connectivity index (χ1v) is 10.8. The normalized spacial score (nSPS) is 11.9. The number of rotatable bonds is 7. The van der Waals surface area contributed by atoms with Gasteiger partial charge in [0, 0.05) is 22.7 Å². The van der Waals surface area contributed by atoms with Crippen molar-refractivity contribution in [2.75, 3.05) is 13.1 Å². The van der Waals surface area contributed by atoms with Crippen LogP contribution in [-0.2, 0) is 14.8 Å². The lowest BCUT2D eigenvalue weighted by Gasteiger charge is -2.19. The number of sulfonamides is 1. The Hall–Kier alpha value is -1.92. The maximum Gasteiger partial charge on any atom is 0.499 e. The Labute approximate surface area is 168 Å². The van der Waals surface area contributed by atoms with Gasteiger partial charge < -0.3 is 20.1 Å². The molecule has 152 valence electrons. The lowest BCUT2D eigenvalue weighted by Crippen LogP contribution is -2.37. The van der Waals surface area contributed by atoms with E-state index in [-0.39, 0.29) is 18.0 Å². The fourth-order valence-corrected chi connectivity index (χ4v) is 4.11. The molecule has 0 aliphatic rings. The first kappa shape index (κ1) is 22.4. The third kappa shape index (κ3) is 6.60. The molecule has 1 heterocycles. The SMILES string of the molecule is CC(C)(C)OC(=O)NCCNS(=O)(=O)c1ccc(-c2ccc(B(O)O)s2)cc1. The molecule has 4 N–H and O–H groups in total. The molecule has 0 radical (unpaired) electrons. The average Bonchev–Trinajstić information content (AvgIpc) is 3.08. The molecule has 1 aromatic carbocycles. The standard InChI is InChI=1S/C17H23BN2O6S2/c1-17(2,3)26-16(21)19-10-11-20-28(24,25)13-6-4-12(5-7-13)14-8-9-15(27-14)18(22)23/h4-9,20,22-23H,10-11H2,1-3H3,(H,19,21). The first-order valence-electron chi connectivity index (χ1n) is 8.51. The number of hydrogen-bond acceptors (Lipinski definition) is 7. The van der Waals surface area contributed by atoms with E-state index in [1.165, 1.54) is 23.5 Å². The maximum atomic E-state index is 12.3. The Morgan fingerprint density at radius 1 is 1.11 bits per heavy atom. The molecule has 0 aliphatic heterocycles. The van der Waals surface area contributed by atoms with Crippen LogP contribution in [0.3, 0.4) is 0 Å². The van der Waals surface area contributed by atoms with Gasteiger partial charge in [-0.3, -0.25) is 0 Å². The van der Waals surface area contributed by atoms with Gasteiger partial charge in [-0.15, -0.1) is 11.3 Å². The number of thiophene rings is 1. The zero-order valence-corrected chi connectivity index (χ0v) is 17.4. The number of amides is 1. The maximum absolute atomic E-state index is 12.3. The van der Waals surface area contributed by atoms with Crippen LogP contribution in [0.1, 0.15) is 20.8 Å². The number of carbonyl (C=O) groups is 1. The molecule has 0 fully saturated rings. The van der Waals surface area contributed by atoms with Gasteiger partial charge in [0.1, 0.15) is 5.60 Å². The Morgan fingerprint density at radius 2 is 1.75 bits per heavy atom. The monoisotopic (exact) mass is 426 g/mol. The number of alkyl carbamates (subject to hydrolysis) is 1. The molecule has 1 aromatic heterocycles. The van der Waals surface area contributed by atoms with E-state index in [4.69, 9.17) is 4.74 Å². The van der Waals surface area contributed by atoms with Gasteiger partial charge in [-0.1, -0.05) is 18.2 Å². The third-order valence-electron chi connectivity index (χ3n) is 3.42. The van der Waals surface area contributed by atoms with Crippen molar-refractivity contribution >= 4 is 39.3 Å². The van der Waals surface area contributed by atoms with Crippen LogP contribution in [0.4, 0.5) is 4.79 Å². The predicted octanol–water partition coefficient (Wildman–Crippen LogP) is 0.898. The molecule has 11 heteroatoms. The highest BCUT2D eigenvalue weighted by Crippen LogP contribution is 2.25. The molecule has 0 saturated carbocycles. The third-order valence-corrected chi connectivity index (χ3v) is 6.07. The van der Waals surface area contributed by atoms with Gasteiger partial charge >= 0.3 is 13.2 Å². The topological polar surface area (TPSA) is 125 Å². The van der Waals surface area contributed by atoms with Gasteiger partial charge in [0.15, 0.2) is 0 Å². The highest BCUT2D eigenvalue weighted by molar-refractivity contribution is 7.89. The van der Waals surface area contributed by atoms with Gasteiger partial charge in [-0.05, 0) is 44.5 Å². The van der Waals surface area contributed by atoms with Crippen molar-refractivity contribution in [2.45, 2.75) is 31.3 Å². The molecule has 2 rings (SSSR count). The van der Waals surface area contributed by atoms with E-state index in [2.05, 4.69) is 10.0 Å². The molecule has 0 aliphatic carbocycles. The van der Waals surface area contributed by atoms with E-state index in [0.29, 0.717) is 4.78 Å². The minimum Gasteiger partial charge on any atom is -0.444 e. The lowest BCUT2D eigenvalue weighted by atomic mass is 9.90. The van der Waals surface area contributed by atoms with Crippen molar-refractivity contribution in [3.05, 3.63) is 36.4 Å². The molecule has 0 bridgehead atoms. The average molecular weight is 426 g/mol. The lowest BCUT2D eigenvalue weighted by molar-refractivity contribution is 0.0529. The summed E-state index contributed by atoms with van der Waals surface area (Å²) in [6.45, 7) is 5.32.